The van der Waals surface area contributed by atoms with Crippen molar-refractivity contribution in [3.63, 3.8) is 0 Å². The summed E-state index contributed by atoms with van der Waals surface area (Å²) in [5.74, 6) is -0.186. The van der Waals surface area contributed by atoms with Crippen LogP contribution in [0.4, 0.5) is 16.3 Å². The Kier molecular flexibility index (Phi) is 7.37. The number of carbonyl (C=O) groups is 1. The molecule has 1 amide bonds. The van der Waals surface area contributed by atoms with Crippen LogP contribution in [-0.4, -0.2) is 67.1 Å². The van der Waals surface area contributed by atoms with Gasteiger partial charge in [0.1, 0.15) is 5.60 Å². The van der Waals surface area contributed by atoms with Crippen molar-refractivity contribution in [3.8, 4) is 0 Å². The maximum Gasteiger partial charge on any atom is 0.410 e. The summed E-state index contributed by atoms with van der Waals surface area (Å²) in [7, 11) is -2.01. The second-order valence-electron chi connectivity index (χ2n) is 10.5. The van der Waals surface area contributed by atoms with Gasteiger partial charge in [-0.1, -0.05) is 20.8 Å². The fraction of sp³-hybridized carbons (Fsp3) is 0.714. The van der Waals surface area contributed by atoms with Crippen molar-refractivity contribution in [2.45, 2.75) is 71.3 Å². The van der Waals surface area contributed by atoms with Crippen LogP contribution >= 0.6 is 0 Å². The van der Waals surface area contributed by atoms with E-state index in [1.807, 2.05) is 20.8 Å². The van der Waals surface area contributed by atoms with E-state index in [1.54, 1.807) is 11.0 Å². The van der Waals surface area contributed by atoms with Gasteiger partial charge >= 0.3 is 11.9 Å². The van der Waals surface area contributed by atoms with Gasteiger partial charge in [-0.15, -0.1) is 0 Å². The predicted octanol–water partition coefficient (Wildman–Crippen LogP) is 4.44. The zero-order valence-corrected chi connectivity index (χ0v) is 21.0. The molecule has 0 radical (unpaired) electrons. The first-order chi connectivity index (χ1) is 14.1. The molecule has 0 bridgehead atoms. The molecule has 1 aliphatic heterocycles. The van der Waals surface area contributed by atoms with Crippen LogP contribution in [0.25, 0.3) is 0 Å². The minimum absolute atomic E-state index is 0.0559. The van der Waals surface area contributed by atoms with Crippen LogP contribution in [0.1, 0.15) is 41.5 Å². The first-order valence-electron chi connectivity index (χ1n) is 10.6. The number of aromatic nitrogens is 1. The van der Waals surface area contributed by atoms with Crippen molar-refractivity contribution < 1.29 is 18.9 Å². The largest absolute Gasteiger partial charge is 0.444 e. The smallest absolute Gasteiger partial charge is 0.410 e. The number of anilines is 1. The normalized spacial score (nSPS) is 18.1. The molecule has 174 valence electrons. The highest BCUT2D eigenvalue weighted by molar-refractivity contribution is 6.74. The van der Waals surface area contributed by atoms with Crippen molar-refractivity contribution in [3.05, 3.63) is 28.4 Å². The highest BCUT2D eigenvalue weighted by atomic mass is 28.4. The van der Waals surface area contributed by atoms with Gasteiger partial charge in [0, 0.05) is 25.7 Å². The Balaban J connectivity index is 2.20. The minimum Gasteiger partial charge on any atom is -0.444 e. The van der Waals surface area contributed by atoms with Gasteiger partial charge in [-0.2, -0.15) is 0 Å². The number of carbonyl (C=O) groups excluding carboxylic acids is 1. The molecule has 0 aromatic carbocycles. The van der Waals surface area contributed by atoms with Gasteiger partial charge in [0.2, 0.25) is 0 Å². The summed E-state index contributed by atoms with van der Waals surface area (Å²) in [6, 6.07) is 2.89. The third kappa shape index (κ3) is 6.64. The number of rotatable bonds is 5. The van der Waals surface area contributed by atoms with Crippen molar-refractivity contribution in [1.82, 2.24) is 9.88 Å². The number of hydrogen-bond donors (Lipinski definition) is 0. The van der Waals surface area contributed by atoms with Crippen LogP contribution in [0.5, 0.6) is 0 Å². The third-order valence-electron chi connectivity index (χ3n) is 5.84. The quantitative estimate of drug-likeness (QED) is 0.370. The molecular weight excluding hydrogens is 416 g/mol. The molecule has 1 aromatic heterocycles. The number of hydrogen-bond acceptors (Lipinski definition) is 7. The molecule has 1 atom stereocenters. The fourth-order valence-electron chi connectivity index (χ4n) is 2.99. The number of ether oxygens (including phenoxy) is 1. The lowest BCUT2D eigenvalue weighted by Crippen LogP contribution is -2.59. The maximum atomic E-state index is 12.9. The molecule has 0 saturated carbocycles. The monoisotopic (exact) mass is 452 g/mol. The lowest BCUT2D eigenvalue weighted by atomic mass is 10.1. The molecule has 10 heteroatoms. The van der Waals surface area contributed by atoms with E-state index in [-0.39, 0.29) is 23.0 Å². The zero-order valence-electron chi connectivity index (χ0n) is 20.0. The molecule has 9 nitrogen and oxygen atoms in total. The third-order valence-corrected chi connectivity index (χ3v) is 10.3. The summed E-state index contributed by atoms with van der Waals surface area (Å²) < 4.78 is 12.1. The molecule has 0 aliphatic carbocycles. The lowest BCUT2D eigenvalue weighted by Gasteiger charge is -2.44. The lowest BCUT2D eigenvalue weighted by molar-refractivity contribution is -0.389. The molecule has 0 N–H and O–H groups in total. The van der Waals surface area contributed by atoms with Crippen molar-refractivity contribution in [2.75, 3.05) is 31.1 Å². The Labute approximate surface area is 186 Å². The fourth-order valence-corrected chi connectivity index (χ4v) is 4.03. The summed E-state index contributed by atoms with van der Waals surface area (Å²) in [5.41, 5.74) is 0.202. The van der Waals surface area contributed by atoms with Crippen molar-refractivity contribution >= 4 is 25.9 Å². The molecule has 1 aromatic rings. The molecule has 1 aliphatic rings. The Bertz CT molecular complexity index is 786. The van der Waals surface area contributed by atoms with Gasteiger partial charge in [-0.25, -0.2) is 4.79 Å². The number of nitro groups is 1. The van der Waals surface area contributed by atoms with Gasteiger partial charge in [-0.05, 0) is 54.9 Å². The summed E-state index contributed by atoms with van der Waals surface area (Å²) in [6.07, 6.45) is 1.16. The molecule has 1 fully saturated rings. The van der Waals surface area contributed by atoms with E-state index in [9.17, 15) is 14.9 Å². The van der Waals surface area contributed by atoms with E-state index in [1.165, 1.54) is 12.3 Å². The van der Waals surface area contributed by atoms with E-state index in [0.717, 1.165) is 5.69 Å². The second-order valence-corrected chi connectivity index (χ2v) is 15.3. The molecule has 2 rings (SSSR count). The highest BCUT2D eigenvalue weighted by Gasteiger charge is 2.40. The van der Waals surface area contributed by atoms with E-state index in [4.69, 9.17) is 9.16 Å². The standard InChI is InChI=1S/C21H36N4O5Si/c1-20(2,3)30-19(26)24-12-11-23(16-9-10-18(22-13-16)25(27)28)14-17(24)15-29-31(7,8)21(4,5)6/h9-10,13,17H,11-12,14-15H2,1-8H3/t17-/m1/s1. The van der Waals surface area contributed by atoms with Crippen molar-refractivity contribution in [2.24, 2.45) is 0 Å². The van der Waals surface area contributed by atoms with Gasteiger partial charge < -0.3 is 24.2 Å². The summed E-state index contributed by atoms with van der Waals surface area (Å²) >= 11 is 0. The number of piperazine rings is 1. The summed E-state index contributed by atoms with van der Waals surface area (Å²) in [6.45, 7) is 18.5. The zero-order chi connectivity index (χ0) is 23.6. The van der Waals surface area contributed by atoms with Crippen LogP contribution in [0.3, 0.4) is 0 Å². The predicted molar refractivity (Wildman–Crippen MR) is 123 cm³/mol. The number of pyridine rings is 1. The summed E-state index contributed by atoms with van der Waals surface area (Å²) in [4.78, 5) is 31.0. The Hall–Kier alpha value is -2.20. The van der Waals surface area contributed by atoms with Crippen LogP contribution < -0.4 is 4.90 Å². The topological polar surface area (TPSA) is 98.0 Å². The summed E-state index contributed by atoms with van der Waals surface area (Å²) in [5, 5.41) is 10.9. The first-order valence-corrected chi connectivity index (χ1v) is 13.5. The molecule has 0 unspecified atom stereocenters. The van der Waals surface area contributed by atoms with E-state index < -0.39 is 18.8 Å². The van der Waals surface area contributed by atoms with E-state index in [0.29, 0.717) is 26.2 Å². The number of amides is 1. The molecule has 2 heterocycles. The van der Waals surface area contributed by atoms with Gasteiger partial charge in [0.15, 0.2) is 14.5 Å². The Morgan fingerprint density at radius 2 is 1.87 bits per heavy atom. The average Bonchev–Trinajstić information content (AvgIpc) is 2.64. The molecule has 31 heavy (non-hydrogen) atoms. The molecule has 1 saturated heterocycles. The minimum atomic E-state index is -2.01. The first kappa shape index (κ1) is 25.1. The van der Waals surface area contributed by atoms with Gasteiger partial charge in [-0.3, -0.25) is 4.90 Å². The van der Waals surface area contributed by atoms with Crippen LogP contribution in [0, 0.1) is 10.1 Å². The van der Waals surface area contributed by atoms with Gasteiger partial charge in [0.05, 0.1) is 18.3 Å². The Morgan fingerprint density at radius 3 is 2.35 bits per heavy atom. The second kappa shape index (κ2) is 9.11. The van der Waals surface area contributed by atoms with E-state index >= 15 is 0 Å². The van der Waals surface area contributed by atoms with E-state index in [2.05, 4.69) is 43.7 Å². The Morgan fingerprint density at radius 1 is 1.23 bits per heavy atom. The maximum absolute atomic E-state index is 12.9. The average molecular weight is 453 g/mol. The molecule has 0 spiro atoms. The van der Waals surface area contributed by atoms with Gasteiger partial charge in [0.25, 0.3) is 0 Å². The van der Waals surface area contributed by atoms with Crippen LogP contribution in [-0.2, 0) is 9.16 Å². The van der Waals surface area contributed by atoms with Crippen LogP contribution in [0.15, 0.2) is 18.3 Å². The highest BCUT2D eigenvalue weighted by Crippen LogP contribution is 2.37. The van der Waals surface area contributed by atoms with Crippen LogP contribution in [0.2, 0.25) is 18.1 Å². The van der Waals surface area contributed by atoms with Crippen molar-refractivity contribution in [1.29, 1.82) is 0 Å². The number of nitrogens with zero attached hydrogens (tertiary/aromatic N) is 4. The molecular formula is C21H36N4O5Si. The SMILES string of the molecule is CC(C)(C)OC(=O)N1CCN(c2ccc([N+](=O)[O-])nc2)C[C@@H]1CO[Si](C)(C)C(C)(C)C.